The van der Waals surface area contributed by atoms with Gasteiger partial charge in [0.05, 0.1) is 0 Å². The predicted octanol–water partition coefficient (Wildman–Crippen LogP) is -0.859. The largest absolute Gasteiger partial charge is 6.00 e. The SMILES string of the molecule is [Ba+2].[Fe+6].[O-2].[O-2].[O-2].[O-2]. The monoisotopic (exact) mass is 258 g/mol. The molecule has 0 unspecified atom stereocenters. The first-order chi connectivity index (χ1) is 0. The standard InChI is InChI=1S/Ba.Fe.4O/q+2;+6;4*-2. The summed E-state index contributed by atoms with van der Waals surface area (Å²) < 4.78 is 0. The summed E-state index contributed by atoms with van der Waals surface area (Å²) in [6.45, 7) is 0. The van der Waals surface area contributed by atoms with E-state index >= 15 is 0 Å². The quantitative estimate of drug-likeness (QED) is 0.502. The Hall–Kier alpha value is 1.93. The van der Waals surface area contributed by atoms with E-state index < -0.39 is 0 Å². The second kappa shape index (κ2) is 65.4. The molecule has 0 aliphatic heterocycles. The Bertz CT molecular complexity index is 7.51. The van der Waals surface area contributed by atoms with Crippen LogP contribution in [0.5, 0.6) is 0 Å². The molecule has 34 valence electrons. The van der Waals surface area contributed by atoms with Gasteiger partial charge < -0.3 is 21.9 Å². The Morgan fingerprint density at radius 1 is 0.500 bits per heavy atom. The van der Waals surface area contributed by atoms with E-state index in [-0.39, 0.29) is 87.9 Å². The van der Waals surface area contributed by atoms with Crippen LogP contribution in [0, 0.1) is 0 Å². The molecule has 0 N–H and O–H groups in total. The molecule has 0 heterocycles. The van der Waals surface area contributed by atoms with E-state index in [1.807, 2.05) is 0 Å². The second-order valence-corrected chi connectivity index (χ2v) is 0. The van der Waals surface area contributed by atoms with Gasteiger partial charge in [-0.25, -0.2) is 0 Å². The van der Waals surface area contributed by atoms with Crippen molar-refractivity contribution in [3.63, 3.8) is 0 Å². The third-order valence-corrected chi connectivity index (χ3v) is 0. The van der Waals surface area contributed by atoms with Crippen LogP contribution in [-0.4, -0.2) is 48.9 Å². The smallest absolute Gasteiger partial charge is 2.00 e. The number of hydrogen-bond donors (Lipinski definition) is 0. The molecule has 0 aliphatic rings. The van der Waals surface area contributed by atoms with E-state index in [4.69, 9.17) is 0 Å². The van der Waals surface area contributed by atoms with Gasteiger partial charge >= 0.3 is 65.9 Å². The predicted molar refractivity (Wildman–Crippen MR) is 8.50 cm³/mol. The van der Waals surface area contributed by atoms with Crippen molar-refractivity contribution in [2.24, 2.45) is 0 Å². The van der Waals surface area contributed by atoms with Crippen LogP contribution in [0.4, 0.5) is 0 Å². The van der Waals surface area contributed by atoms with Gasteiger partial charge in [-0.3, -0.25) is 0 Å². The zero-order valence-electron chi connectivity index (χ0n) is 2.69. The average Bonchev–Trinajstić information content (AvgIpc) is 0. The van der Waals surface area contributed by atoms with E-state index in [2.05, 4.69) is 0 Å². The molecule has 0 aromatic carbocycles. The van der Waals surface area contributed by atoms with Gasteiger partial charge in [0.15, 0.2) is 0 Å². The summed E-state index contributed by atoms with van der Waals surface area (Å²) in [5, 5.41) is 0. The Morgan fingerprint density at radius 2 is 0.500 bits per heavy atom. The molecule has 0 fully saturated rings. The van der Waals surface area contributed by atoms with E-state index in [0.717, 1.165) is 0 Å². The third kappa shape index (κ3) is 38.7. The molecule has 0 amide bonds. The molecule has 6 heteroatoms. The van der Waals surface area contributed by atoms with E-state index in [1.165, 1.54) is 0 Å². The minimum atomic E-state index is 0. The van der Waals surface area contributed by atoms with Crippen LogP contribution in [0.2, 0.25) is 0 Å². The van der Waals surface area contributed by atoms with Crippen molar-refractivity contribution >= 4 is 48.9 Å². The first-order valence-corrected chi connectivity index (χ1v) is 0. The van der Waals surface area contributed by atoms with Gasteiger partial charge in [0.25, 0.3) is 0 Å². The fourth-order valence-electron chi connectivity index (χ4n) is 0. The normalized spacial score (nSPS) is 0. The van der Waals surface area contributed by atoms with Gasteiger partial charge in [0.1, 0.15) is 0 Å². The summed E-state index contributed by atoms with van der Waals surface area (Å²) in [6, 6.07) is 0. The molecule has 4 nitrogen and oxygen atoms in total. The first-order valence-electron chi connectivity index (χ1n) is 0. The van der Waals surface area contributed by atoms with Crippen molar-refractivity contribution < 1.29 is 39.0 Å². The van der Waals surface area contributed by atoms with Gasteiger partial charge in [-0.1, -0.05) is 0 Å². The summed E-state index contributed by atoms with van der Waals surface area (Å²) >= 11 is 0. The topological polar surface area (TPSA) is 114 Å². The van der Waals surface area contributed by atoms with Crippen molar-refractivity contribution in [2.75, 3.05) is 0 Å². The van der Waals surface area contributed by atoms with Crippen LogP contribution in [0.15, 0.2) is 0 Å². The van der Waals surface area contributed by atoms with Gasteiger partial charge in [0, 0.05) is 0 Å². The molecule has 0 aromatic rings. The van der Waals surface area contributed by atoms with Crippen molar-refractivity contribution in [3.8, 4) is 0 Å². The molecular formula is BaFeO4. The van der Waals surface area contributed by atoms with Gasteiger partial charge in [0.2, 0.25) is 0 Å². The van der Waals surface area contributed by atoms with E-state index in [0.29, 0.717) is 0 Å². The molecule has 6 heavy (non-hydrogen) atoms. The molecule has 0 bridgehead atoms. The minimum Gasteiger partial charge on any atom is -2.00 e. The van der Waals surface area contributed by atoms with Crippen molar-refractivity contribution in [1.82, 2.24) is 0 Å². The molecular weight excluding hydrogens is 257 g/mol. The minimum absolute atomic E-state index is 0. The fourth-order valence-corrected chi connectivity index (χ4v) is 0. The summed E-state index contributed by atoms with van der Waals surface area (Å²) in [4.78, 5) is 0. The third-order valence-electron chi connectivity index (χ3n) is 0. The Kier molecular flexibility index (Phi) is 1110. The Morgan fingerprint density at radius 3 is 0.500 bits per heavy atom. The molecule has 0 saturated heterocycles. The van der Waals surface area contributed by atoms with Crippen LogP contribution >= 0.6 is 0 Å². The van der Waals surface area contributed by atoms with Crippen molar-refractivity contribution in [3.05, 3.63) is 0 Å². The maximum absolute atomic E-state index is 0. The van der Waals surface area contributed by atoms with Gasteiger partial charge in [-0.15, -0.1) is 0 Å². The molecule has 0 radical (unpaired) electrons. The zero-order valence-corrected chi connectivity index (χ0v) is 8.24. The molecule has 0 spiro atoms. The summed E-state index contributed by atoms with van der Waals surface area (Å²) in [6.07, 6.45) is 0. The van der Waals surface area contributed by atoms with Crippen LogP contribution < -0.4 is 0 Å². The number of hydrogen-bond acceptors (Lipinski definition) is 0. The molecule has 0 atom stereocenters. The van der Waals surface area contributed by atoms with Crippen LogP contribution in [0.3, 0.4) is 0 Å². The van der Waals surface area contributed by atoms with Crippen LogP contribution in [0.25, 0.3) is 0 Å². The van der Waals surface area contributed by atoms with Gasteiger partial charge in [-0.2, -0.15) is 0 Å². The molecule has 0 aromatic heterocycles. The second-order valence-electron chi connectivity index (χ2n) is 0. The number of rotatable bonds is 0. The van der Waals surface area contributed by atoms with Crippen LogP contribution in [0.1, 0.15) is 0 Å². The summed E-state index contributed by atoms with van der Waals surface area (Å²) in [7, 11) is 0. The first kappa shape index (κ1) is 102. The van der Waals surface area contributed by atoms with E-state index in [1.54, 1.807) is 0 Å². The Labute approximate surface area is 86.5 Å². The van der Waals surface area contributed by atoms with Crippen molar-refractivity contribution in [2.45, 2.75) is 0 Å². The maximum Gasteiger partial charge on any atom is 6.00 e. The summed E-state index contributed by atoms with van der Waals surface area (Å²) in [5.41, 5.74) is 0. The molecule has 0 rings (SSSR count). The molecule has 0 aliphatic carbocycles. The maximum atomic E-state index is 0. The molecule has 0 saturated carbocycles. The van der Waals surface area contributed by atoms with Crippen molar-refractivity contribution in [1.29, 1.82) is 0 Å². The van der Waals surface area contributed by atoms with Crippen LogP contribution in [-0.2, 0) is 39.0 Å². The fraction of sp³-hybridized carbons (Fsp3) is 0. The van der Waals surface area contributed by atoms with Gasteiger partial charge in [-0.05, 0) is 0 Å². The average molecular weight is 257 g/mol. The summed E-state index contributed by atoms with van der Waals surface area (Å²) in [5.74, 6) is 0. The zero-order chi connectivity index (χ0) is 0. The Balaban J connectivity index is 0. The van der Waals surface area contributed by atoms with E-state index in [9.17, 15) is 0 Å².